The fraction of sp³-hybridized carbons (Fsp3) is 0.368. The van der Waals surface area contributed by atoms with Gasteiger partial charge in [0.2, 0.25) is 11.8 Å². The van der Waals surface area contributed by atoms with Crippen molar-refractivity contribution >= 4 is 121 Å². The standard InChI is InChI=1S/C68H70N16O18S5/c1-28(85)46-60(92)81-47(29(2)97-7)63-76-41(27-105-63)59(91)82-50-52-53(102-44-18-68(4,95)54(83(5)6)30(3)101-44)67(94)99-20-31-11-10-13-42-45(31)34(21-98-52)51(84(42)96)66(93)100-22-36(73-57(89)39-26-107-65(50)78-39)62-74-37(23-104-62)48-33(61-75-40(24-103-61)58(90)80-46)17-43(86)49(79-48)64-77-38(25-106-64)56(88)72-35(55(69)87)19-70-16-14-32-12-8-9-15-71-32/h8-13,15,17,23-28,30,35-36,44,46,50,52-54,70,85-86,95-96H,14,16,18-22H2,1-7H3,(H2,69,87)(H,72,88)(H,73,89)(H,80,90)(H,81,92)(H,82,91)/b47-29+/t28-,30+,35?,36?,44+,46+,50+,52+,53+,54-,68+/m1/s1. The summed E-state index contributed by atoms with van der Waals surface area (Å²) in [6.07, 6.45) is -5.41. The minimum Gasteiger partial charge on any atom is -0.506 e. The molecule has 2 unspecified atom stereocenters. The Bertz CT molecular complexity index is 4970. The molecule has 13 rings (SSSR count). The van der Waals surface area contributed by atoms with Crippen LogP contribution in [0.5, 0.6) is 5.75 Å². The van der Waals surface area contributed by atoms with Gasteiger partial charge < -0.3 is 91.5 Å². The zero-order valence-corrected chi connectivity index (χ0v) is 62.0. The van der Waals surface area contributed by atoms with Crippen LogP contribution < -0.4 is 37.6 Å². The van der Waals surface area contributed by atoms with E-state index in [1.54, 1.807) is 57.2 Å². The minimum absolute atomic E-state index is 0.000744. The summed E-state index contributed by atoms with van der Waals surface area (Å²) >= 11 is 4.50. The molecule has 560 valence electrons. The van der Waals surface area contributed by atoms with Crippen LogP contribution in [-0.2, 0) is 62.4 Å². The number of hydrogen-bond donors (Lipinski definition) is 11. The number of aromatic nitrogens is 8. The maximum absolute atomic E-state index is 15.2. The third kappa shape index (κ3) is 15.7. The Hall–Kier alpha value is -10.2. The van der Waals surface area contributed by atoms with E-state index in [4.69, 9.17) is 49.1 Å². The predicted molar refractivity (Wildman–Crippen MR) is 386 cm³/mol. The lowest BCUT2D eigenvalue weighted by molar-refractivity contribution is -0.280. The Morgan fingerprint density at radius 2 is 1.54 bits per heavy atom. The first-order valence-corrected chi connectivity index (χ1v) is 37.5. The van der Waals surface area contributed by atoms with Crippen LogP contribution in [0.3, 0.4) is 0 Å². The van der Waals surface area contributed by atoms with E-state index >= 15 is 19.2 Å². The Kier molecular flexibility index (Phi) is 22.0. The van der Waals surface area contributed by atoms with Crippen molar-refractivity contribution in [2.75, 3.05) is 40.9 Å². The second kappa shape index (κ2) is 31.3. The highest BCUT2D eigenvalue weighted by Crippen LogP contribution is 2.43. The van der Waals surface area contributed by atoms with E-state index in [0.29, 0.717) is 23.3 Å². The van der Waals surface area contributed by atoms with E-state index in [1.807, 2.05) is 12.1 Å². The van der Waals surface area contributed by atoms with Crippen LogP contribution in [0.25, 0.3) is 49.3 Å². The van der Waals surface area contributed by atoms with Crippen molar-refractivity contribution in [1.29, 1.82) is 0 Å². The number of likely N-dealkylation sites (N-methyl/N-ethyl adjacent to an activating group) is 1. The number of benzene rings is 1. The molecule has 12 N–H and O–H groups in total. The van der Waals surface area contributed by atoms with Gasteiger partial charge in [0.1, 0.15) is 126 Å². The quantitative estimate of drug-likeness (QED) is 0.0317. The number of aliphatic hydroxyl groups is 2. The second-order valence-electron chi connectivity index (χ2n) is 25.7. The molecule has 34 nitrogen and oxygen atoms in total. The highest BCUT2D eigenvalue weighted by Gasteiger charge is 2.50. The van der Waals surface area contributed by atoms with Gasteiger partial charge in [0, 0.05) is 81.2 Å². The normalized spacial score (nSPS) is 23.3. The van der Waals surface area contributed by atoms with E-state index in [2.05, 4.69) is 51.8 Å². The van der Waals surface area contributed by atoms with Gasteiger partial charge in [-0.2, -0.15) is 4.73 Å². The number of thiazole rings is 5. The number of nitrogens with one attached hydrogen (secondary N) is 6. The van der Waals surface area contributed by atoms with Gasteiger partial charge in [-0.25, -0.2) is 39.5 Å². The molecule has 1 fully saturated rings. The first kappa shape index (κ1) is 75.1. The zero-order valence-electron chi connectivity index (χ0n) is 57.9. The maximum Gasteiger partial charge on any atom is 0.358 e. The molecule has 4 aliphatic rings. The van der Waals surface area contributed by atoms with Crippen LogP contribution in [0, 0.1) is 0 Å². The molecule has 1 saturated heterocycles. The number of allylic oxidation sites excluding steroid dienone is 1. The Labute approximate surface area is 627 Å². The highest BCUT2D eigenvalue weighted by atomic mass is 32.1. The third-order valence-corrected chi connectivity index (χ3v) is 22.5. The lowest BCUT2D eigenvalue weighted by atomic mass is 9.85. The number of primary amides is 1. The molecule has 4 aliphatic heterocycles. The number of cyclic esters (lactones) is 2. The number of rotatable bonds is 14. The summed E-state index contributed by atoms with van der Waals surface area (Å²) in [6.45, 7) is 4.60. The molecule has 0 aliphatic carbocycles. The summed E-state index contributed by atoms with van der Waals surface area (Å²) < 4.78 is 38.3. The molecule has 9 aromatic rings. The highest BCUT2D eigenvalue weighted by molar-refractivity contribution is 7.14. The van der Waals surface area contributed by atoms with Crippen molar-refractivity contribution in [2.24, 2.45) is 5.73 Å². The molecule has 0 spiro atoms. The number of fused-ring (bicyclic) bond motifs is 15. The Morgan fingerprint density at radius 1 is 0.841 bits per heavy atom. The number of aromatic hydroxyl groups is 1. The molecular formula is C68H70N16O18S5. The SMILES string of the molecule is CO/C(C)=C1/NC(=O)[C@H]([C@@H](C)O)NC(=O)c2csc(n2)-c2cc(O)c(-c3nc(C(=O)NC(CNCCc4ccccn4)C(N)=O)cs3)nc2-c2csc(n2)C2COC(=O)c3c4c5c(cccc5n3O)COC(=O)[C@@H](O[C@H]3C[C@](C)(O)[C@H](N(C)C)[C@H](C)O3)[C@@H](OC4)[C@H](NC(=O)c3csc1n3)c1nc(cs1)C(=O)N2. The second-order valence-corrected chi connectivity index (χ2v) is 30.1. The van der Waals surface area contributed by atoms with Gasteiger partial charge in [-0.3, -0.25) is 33.8 Å². The van der Waals surface area contributed by atoms with Crippen molar-refractivity contribution in [2.45, 2.75) is 120 Å². The molecule has 0 saturated carbocycles. The number of nitrogens with zero attached hydrogens (tertiary/aromatic N) is 9. The summed E-state index contributed by atoms with van der Waals surface area (Å²) in [4.78, 5) is 150. The molecule has 0 radical (unpaired) electrons. The number of carbonyl (C=O) groups excluding carboxylic acids is 8. The molecule has 8 aromatic heterocycles. The number of methoxy groups -OCH3 is 1. The van der Waals surface area contributed by atoms with Crippen LogP contribution in [-0.4, -0.2) is 208 Å². The number of carbonyl (C=O) groups is 8. The van der Waals surface area contributed by atoms with Gasteiger partial charge in [0.15, 0.2) is 18.1 Å². The summed E-state index contributed by atoms with van der Waals surface area (Å²) in [5.74, 6) is -8.03. The van der Waals surface area contributed by atoms with Crippen molar-refractivity contribution in [1.82, 2.24) is 76.4 Å². The van der Waals surface area contributed by atoms with Crippen molar-refractivity contribution in [3.8, 4) is 38.4 Å². The van der Waals surface area contributed by atoms with E-state index in [9.17, 15) is 39.7 Å². The number of aliphatic hydroxyl groups excluding tert-OH is 1. The third-order valence-electron chi connectivity index (χ3n) is 18.0. The lowest BCUT2D eigenvalue weighted by Gasteiger charge is -2.48. The van der Waals surface area contributed by atoms with Crippen LogP contribution in [0.4, 0.5) is 0 Å². The average molecular weight is 1560 g/mol. The topological polar surface area (TPSA) is 469 Å². The number of amides is 6. The molecule has 12 bridgehead atoms. The van der Waals surface area contributed by atoms with Crippen LogP contribution >= 0.6 is 56.7 Å². The fourth-order valence-corrected chi connectivity index (χ4v) is 17.1. The average Bonchev–Trinajstić information content (AvgIpc) is 1.64. The molecule has 11 atom stereocenters. The predicted octanol–water partition coefficient (Wildman–Crippen LogP) is 3.97. The number of esters is 2. The number of nitrogens with two attached hydrogens (primary N) is 1. The van der Waals surface area contributed by atoms with Gasteiger partial charge in [-0.1, -0.05) is 18.2 Å². The van der Waals surface area contributed by atoms with Gasteiger partial charge in [0.05, 0.1) is 43.1 Å². The molecular weight excluding hydrogens is 1490 g/mol. The number of ether oxygens (including phenoxy) is 6. The van der Waals surface area contributed by atoms with E-state index in [1.165, 1.54) is 60.0 Å². The van der Waals surface area contributed by atoms with Crippen molar-refractivity contribution in [3.63, 3.8) is 0 Å². The Morgan fingerprint density at radius 3 is 2.27 bits per heavy atom. The summed E-state index contributed by atoms with van der Waals surface area (Å²) in [5, 5.41) is 71.4. The van der Waals surface area contributed by atoms with Gasteiger partial charge in [-0.15, -0.1) is 56.7 Å². The molecule has 107 heavy (non-hydrogen) atoms. The molecule has 12 heterocycles. The van der Waals surface area contributed by atoms with Gasteiger partial charge in [-0.05, 0) is 71.6 Å². The first-order chi connectivity index (χ1) is 51.2. The number of pyridine rings is 2. The van der Waals surface area contributed by atoms with E-state index in [-0.39, 0.29) is 111 Å². The minimum atomic E-state index is -1.92. The monoisotopic (exact) mass is 1560 g/mol. The smallest absolute Gasteiger partial charge is 0.358 e. The summed E-state index contributed by atoms with van der Waals surface area (Å²) in [5.41, 5.74) is 3.70. The molecule has 1 aromatic carbocycles. The van der Waals surface area contributed by atoms with Crippen molar-refractivity contribution < 1.29 is 87.3 Å². The lowest BCUT2D eigenvalue weighted by Crippen LogP contribution is -2.62. The zero-order chi connectivity index (χ0) is 75.9. The van der Waals surface area contributed by atoms with Crippen LogP contribution in [0.2, 0.25) is 0 Å². The molecule has 6 amide bonds. The van der Waals surface area contributed by atoms with E-state index in [0.717, 1.165) is 62.4 Å². The summed E-state index contributed by atoms with van der Waals surface area (Å²) in [6, 6.07) is 4.93. The largest absolute Gasteiger partial charge is 0.506 e. The van der Waals surface area contributed by atoms with Crippen LogP contribution in [0.15, 0.2) is 81.3 Å². The Balaban J connectivity index is 0.939. The summed E-state index contributed by atoms with van der Waals surface area (Å²) in [7, 11) is 4.84. The molecule has 39 heteroatoms. The van der Waals surface area contributed by atoms with Crippen LogP contribution in [0.1, 0.15) is 130 Å². The number of hydrogen-bond acceptors (Lipinski definition) is 32. The van der Waals surface area contributed by atoms with Crippen molar-refractivity contribution in [3.05, 3.63) is 142 Å². The van der Waals surface area contributed by atoms with Gasteiger partial charge in [0.25, 0.3) is 23.6 Å². The fourth-order valence-electron chi connectivity index (χ4n) is 12.9. The maximum atomic E-state index is 15.2. The first-order valence-electron chi connectivity index (χ1n) is 33.1. The van der Waals surface area contributed by atoms with Gasteiger partial charge >= 0.3 is 11.9 Å². The van der Waals surface area contributed by atoms with E-state index < -0.39 is 145 Å².